The molecule has 0 spiro atoms. The Labute approximate surface area is 111 Å². The van der Waals surface area contributed by atoms with E-state index in [4.69, 9.17) is 12.2 Å². The molecule has 0 amide bonds. The van der Waals surface area contributed by atoms with Crippen LogP contribution in [0.15, 0.2) is 28.7 Å². The number of thiocarbonyl (C=S) groups is 1. The van der Waals surface area contributed by atoms with Crippen LogP contribution in [0.4, 0.5) is 5.69 Å². The zero-order valence-electron chi connectivity index (χ0n) is 9.59. The topological polar surface area (TPSA) is 24.1 Å². The summed E-state index contributed by atoms with van der Waals surface area (Å²) in [7, 11) is 0. The van der Waals surface area contributed by atoms with Crippen molar-refractivity contribution in [1.82, 2.24) is 5.32 Å². The highest BCUT2D eigenvalue weighted by atomic mass is 79.9. The van der Waals surface area contributed by atoms with Crippen LogP contribution in [0, 0.1) is 0 Å². The molecule has 0 aliphatic rings. The first-order valence-corrected chi connectivity index (χ1v) is 6.65. The summed E-state index contributed by atoms with van der Waals surface area (Å²) in [6.07, 6.45) is 2.29. The Hall–Kier alpha value is -0.610. The van der Waals surface area contributed by atoms with Gasteiger partial charge in [0, 0.05) is 16.2 Å². The van der Waals surface area contributed by atoms with Crippen LogP contribution in [-0.2, 0) is 0 Å². The average molecular weight is 301 g/mol. The van der Waals surface area contributed by atoms with Crippen molar-refractivity contribution in [1.29, 1.82) is 0 Å². The van der Waals surface area contributed by atoms with Gasteiger partial charge in [0.2, 0.25) is 0 Å². The minimum absolute atomic E-state index is 0.417. The van der Waals surface area contributed by atoms with Gasteiger partial charge in [-0.1, -0.05) is 29.3 Å². The van der Waals surface area contributed by atoms with E-state index in [-0.39, 0.29) is 0 Å². The monoisotopic (exact) mass is 300 g/mol. The maximum absolute atomic E-state index is 5.23. The summed E-state index contributed by atoms with van der Waals surface area (Å²) in [6.45, 7) is 4.31. The van der Waals surface area contributed by atoms with Gasteiger partial charge in [-0.3, -0.25) is 0 Å². The van der Waals surface area contributed by atoms with Gasteiger partial charge in [-0.05, 0) is 49.8 Å². The third kappa shape index (κ3) is 4.94. The van der Waals surface area contributed by atoms with Crippen molar-refractivity contribution < 1.29 is 0 Å². The molecule has 1 aromatic carbocycles. The van der Waals surface area contributed by atoms with E-state index in [1.165, 1.54) is 0 Å². The van der Waals surface area contributed by atoms with Crippen LogP contribution in [0.1, 0.15) is 26.7 Å². The van der Waals surface area contributed by atoms with Crippen LogP contribution in [0.25, 0.3) is 0 Å². The van der Waals surface area contributed by atoms with Gasteiger partial charge in [-0.25, -0.2) is 0 Å². The van der Waals surface area contributed by atoms with Crippen molar-refractivity contribution in [3.63, 3.8) is 0 Å². The molecule has 0 bridgehead atoms. The zero-order chi connectivity index (χ0) is 12.0. The second kappa shape index (κ2) is 6.86. The van der Waals surface area contributed by atoms with Crippen molar-refractivity contribution in [2.24, 2.45) is 0 Å². The van der Waals surface area contributed by atoms with Crippen LogP contribution in [0.5, 0.6) is 0 Å². The number of rotatable bonds is 4. The molecule has 88 valence electrons. The van der Waals surface area contributed by atoms with Crippen molar-refractivity contribution >= 4 is 38.9 Å². The van der Waals surface area contributed by atoms with Gasteiger partial charge in [0.15, 0.2) is 5.11 Å². The quantitative estimate of drug-likeness (QED) is 0.824. The average Bonchev–Trinajstić information content (AvgIpc) is 2.21. The van der Waals surface area contributed by atoms with Crippen molar-refractivity contribution in [3.8, 4) is 0 Å². The molecule has 1 rings (SSSR count). The Morgan fingerprint density at radius 3 is 2.56 bits per heavy atom. The van der Waals surface area contributed by atoms with E-state index in [0.29, 0.717) is 11.2 Å². The summed E-state index contributed by atoms with van der Waals surface area (Å²) in [4.78, 5) is 0. The van der Waals surface area contributed by atoms with Gasteiger partial charge in [0.05, 0.1) is 0 Å². The van der Waals surface area contributed by atoms with Crippen LogP contribution in [-0.4, -0.2) is 11.2 Å². The SMILES string of the molecule is CCC[C@H](C)NC(=S)Nc1ccc(Br)cc1. The van der Waals surface area contributed by atoms with Crippen LogP contribution in [0.3, 0.4) is 0 Å². The lowest BCUT2D eigenvalue weighted by molar-refractivity contribution is 0.599. The smallest absolute Gasteiger partial charge is 0.170 e. The van der Waals surface area contributed by atoms with Gasteiger partial charge < -0.3 is 10.6 Å². The summed E-state index contributed by atoms with van der Waals surface area (Å²) in [5.74, 6) is 0. The molecule has 0 heterocycles. The third-order valence-electron chi connectivity index (χ3n) is 2.20. The molecular weight excluding hydrogens is 284 g/mol. The summed E-state index contributed by atoms with van der Waals surface area (Å²) in [5, 5.41) is 7.09. The molecule has 16 heavy (non-hydrogen) atoms. The highest BCUT2D eigenvalue weighted by Crippen LogP contribution is 2.13. The molecule has 0 saturated heterocycles. The summed E-state index contributed by atoms with van der Waals surface area (Å²) < 4.78 is 1.07. The Bertz CT molecular complexity index is 337. The summed E-state index contributed by atoms with van der Waals surface area (Å²) in [5.41, 5.74) is 1.00. The number of benzene rings is 1. The van der Waals surface area contributed by atoms with Gasteiger partial charge in [0.25, 0.3) is 0 Å². The minimum atomic E-state index is 0.417. The van der Waals surface area contributed by atoms with Gasteiger partial charge in [-0.15, -0.1) is 0 Å². The molecule has 0 aliphatic heterocycles. The van der Waals surface area contributed by atoms with Crippen molar-refractivity contribution in [3.05, 3.63) is 28.7 Å². The molecule has 2 nitrogen and oxygen atoms in total. The molecule has 2 N–H and O–H groups in total. The van der Waals surface area contributed by atoms with E-state index in [9.17, 15) is 0 Å². The number of hydrogen-bond acceptors (Lipinski definition) is 1. The lowest BCUT2D eigenvalue weighted by Gasteiger charge is -2.16. The van der Waals surface area contributed by atoms with Crippen molar-refractivity contribution in [2.75, 3.05) is 5.32 Å². The molecule has 0 unspecified atom stereocenters. The van der Waals surface area contributed by atoms with E-state index in [1.807, 2.05) is 24.3 Å². The van der Waals surface area contributed by atoms with Crippen molar-refractivity contribution in [2.45, 2.75) is 32.7 Å². The van der Waals surface area contributed by atoms with E-state index in [1.54, 1.807) is 0 Å². The summed E-state index contributed by atoms with van der Waals surface area (Å²) >= 11 is 8.62. The molecule has 1 aromatic rings. The van der Waals surface area contributed by atoms with Crippen LogP contribution in [0.2, 0.25) is 0 Å². The van der Waals surface area contributed by atoms with Crippen LogP contribution < -0.4 is 10.6 Å². The Balaban J connectivity index is 2.42. The van der Waals surface area contributed by atoms with Crippen LogP contribution >= 0.6 is 28.1 Å². The first-order chi connectivity index (χ1) is 7.61. The maximum Gasteiger partial charge on any atom is 0.170 e. The fraction of sp³-hybridized carbons (Fsp3) is 0.417. The zero-order valence-corrected chi connectivity index (χ0v) is 12.0. The fourth-order valence-corrected chi connectivity index (χ4v) is 2.01. The molecule has 0 fully saturated rings. The number of halogens is 1. The number of anilines is 1. The number of hydrogen-bond donors (Lipinski definition) is 2. The summed E-state index contributed by atoms with van der Waals surface area (Å²) in [6, 6.07) is 8.37. The first-order valence-electron chi connectivity index (χ1n) is 5.45. The van der Waals surface area contributed by atoms with Gasteiger partial charge >= 0.3 is 0 Å². The highest BCUT2D eigenvalue weighted by molar-refractivity contribution is 9.10. The van der Waals surface area contributed by atoms with E-state index >= 15 is 0 Å². The normalized spacial score (nSPS) is 11.9. The third-order valence-corrected chi connectivity index (χ3v) is 2.95. The second-order valence-corrected chi connectivity index (χ2v) is 5.12. The molecular formula is C12H17BrN2S. The number of nitrogens with one attached hydrogen (secondary N) is 2. The van der Waals surface area contributed by atoms with Gasteiger partial charge in [-0.2, -0.15) is 0 Å². The Morgan fingerprint density at radius 1 is 1.38 bits per heavy atom. The molecule has 0 radical (unpaired) electrons. The maximum atomic E-state index is 5.23. The molecule has 4 heteroatoms. The Morgan fingerprint density at radius 2 is 2.00 bits per heavy atom. The second-order valence-electron chi connectivity index (χ2n) is 3.80. The highest BCUT2D eigenvalue weighted by Gasteiger charge is 2.02. The Kier molecular flexibility index (Phi) is 5.77. The molecule has 0 aromatic heterocycles. The molecule has 0 saturated carbocycles. The standard InChI is InChI=1S/C12H17BrN2S/c1-3-4-9(2)14-12(16)15-11-7-5-10(13)6-8-11/h5-9H,3-4H2,1-2H3,(H2,14,15,16)/t9-/m0/s1. The first kappa shape index (κ1) is 13.5. The van der Waals surface area contributed by atoms with E-state index < -0.39 is 0 Å². The lowest BCUT2D eigenvalue weighted by atomic mass is 10.2. The lowest BCUT2D eigenvalue weighted by Crippen LogP contribution is -2.35. The predicted octanol–water partition coefficient (Wildman–Crippen LogP) is 3.92. The van der Waals surface area contributed by atoms with Gasteiger partial charge in [0.1, 0.15) is 0 Å². The predicted molar refractivity (Wildman–Crippen MR) is 77.9 cm³/mol. The largest absolute Gasteiger partial charge is 0.360 e. The molecule has 0 aliphatic carbocycles. The minimum Gasteiger partial charge on any atom is -0.360 e. The van der Waals surface area contributed by atoms with E-state index in [2.05, 4.69) is 40.4 Å². The fourth-order valence-electron chi connectivity index (χ4n) is 1.43. The molecule has 1 atom stereocenters. The van der Waals surface area contributed by atoms with E-state index in [0.717, 1.165) is 23.0 Å².